The van der Waals surface area contributed by atoms with Crippen molar-refractivity contribution in [3.8, 4) is 5.75 Å². The molecule has 4 nitrogen and oxygen atoms in total. The lowest BCUT2D eigenvalue weighted by Crippen LogP contribution is -2.36. The molecule has 0 aliphatic carbocycles. The average Bonchev–Trinajstić information content (AvgIpc) is 2.25. The zero-order chi connectivity index (χ0) is 14.6. The van der Waals surface area contributed by atoms with Gasteiger partial charge in [0.05, 0.1) is 0 Å². The molecule has 1 aromatic rings. The SMILES string of the molecule is CC(=O)OC(C)(C)C(=O)c1cccc(OC(F)F)c1. The molecule has 0 spiro atoms. The normalized spacial score (nSPS) is 11.3. The maximum Gasteiger partial charge on any atom is 0.387 e. The first kappa shape index (κ1) is 15.1. The fourth-order valence-corrected chi connectivity index (χ4v) is 1.57. The van der Waals surface area contributed by atoms with Gasteiger partial charge in [-0.05, 0) is 26.0 Å². The first-order valence-electron chi connectivity index (χ1n) is 5.51. The Morgan fingerprint density at radius 2 is 1.89 bits per heavy atom. The summed E-state index contributed by atoms with van der Waals surface area (Å²) in [5.74, 6) is -1.22. The smallest absolute Gasteiger partial charge is 0.387 e. The highest BCUT2D eigenvalue weighted by atomic mass is 19.3. The zero-order valence-corrected chi connectivity index (χ0v) is 10.8. The molecule has 0 radical (unpaired) electrons. The molecule has 0 bridgehead atoms. The van der Waals surface area contributed by atoms with Crippen LogP contribution in [0.2, 0.25) is 0 Å². The van der Waals surface area contributed by atoms with E-state index in [0.717, 1.165) is 0 Å². The lowest BCUT2D eigenvalue weighted by atomic mass is 9.96. The van der Waals surface area contributed by atoms with Gasteiger partial charge in [0.1, 0.15) is 5.75 Å². The quantitative estimate of drug-likeness (QED) is 0.611. The lowest BCUT2D eigenvalue weighted by Gasteiger charge is -2.23. The summed E-state index contributed by atoms with van der Waals surface area (Å²) in [4.78, 5) is 23.0. The van der Waals surface area contributed by atoms with Crippen LogP contribution in [0.3, 0.4) is 0 Å². The average molecular weight is 272 g/mol. The van der Waals surface area contributed by atoms with Crippen LogP contribution < -0.4 is 4.74 Å². The van der Waals surface area contributed by atoms with E-state index in [1.54, 1.807) is 0 Å². The first-order chi connectivity index (χ1) is 8.72. The minimum atomic E-state index is -2.97. The van der Waals surface area contributed by atoms with E-state index in [1.165, 1.54) is 45.0 Å². The molecule has 0 aliphatic heterocycles. The number of rotatable bonds is 5. The molecular weight excluding hydrogens is 258 g/mol. The van der Waals surface area contributed by atoms with Crippen LogP contribution in [-0.4, -0.2) is 24.0 Å². The number of hydrogen-bond acceptors (Lipinski definition) is 4. The van der Waals surface area contributed by atoms with Crippen LogP contribution in [0.15, 0.2) is 24.3 Å². The predicted molar refractivity (Wildman–Crippen MR) is 63.2 cm³/mol. The van der Waals surface area contributed by atoms with Gasteiger partial charge in [0, 0.05) is 12.5 Å². The molecule has 1 aromatic carbocycles. The summed E-state index contributed by atoms with van der Waals surface area (Å²) in [6.45, 7) is 1.08. The van der Waals surface area contributed by atoms with E-state index < -0.39 is 24.0 Å². The Labute approximate surface area is 109 Å². The summed E-state index contributed by atoms with van der Waals surface area (Å²) in [5.41, 5.74) is -1.24. The summed E-state index contributed by atoms with van der Waals surface area (Å²) in [6.07, 6.45) is 0. The largest absolute Gasteiger partial charge is 0.451 e. The Morgan fingerprint density at radius 1 is 1.26 bits per heavy atom. The van der Waals surface area contributed by atoms with Crippen molar-refractivity contribution in [2.45, 2.75) is 33.0 Å². The van der Waals surface area contributed by atoms with Crippen LogP contribution in [0.5, 0.6) is 5.75 Å². The minimum absolute atomic E-state index is 0.125. The van der Waals surface area contributed by atoms with Crippen molar-refractivity contribution in [1.82, 2.24) is 0 Å². The van der Waals surface area contributed by atoms with Crippen LogP contribution >= 0.6 is 0 Å². The van der Waals surface area contributed by atoms with Crippen LogP contribution in [0.4, 0.5) is 8.78 Å². The molecule has 6 heteroatoms. The standard InChI is InChI=1S/C13H14F2O4/c1-8(16)19-13(2,3)11(17)9-5-4-6-10(7-9)18-12(14)15/h4-7,12H,1-3H3. The number of alkyl halides is 2. The number of carbonyl (C=O) groups is 2. The predicted octanol–water partition coefficient (Wildman–Crippen LogP) is 2.81. The third-order valence-corrected chi connectivity index (χ3v) is 2.27. The second-order valence-corrected chi connectivity index (χ2v) is 4.34. The minimum Gasteiger partial charge on any atom is -0.451 e. The third kappa shape index (κ3) is 4.31. The zero-order valence-electron chi connectivity index (χ0n) is 10.8. The third-order valence-electron chi connectivity index (χ3n) is 2.27. The van der Waals surface area contributed by atoms with Crippen LogP contribution in [0, 0.1) is 0 Å². The summed E-state index contributed by atoms with van der Waals surface area (Å²) in [5, 5.41) is 0. The molecule has 0 fully saturated rings. The Morgan fingerprint density at radius 3 is 2.42 bits per heavy atom. The second-order valence-electron chi connectivity index (χ2n) is 4.34. The van der Waals surface area contributed by atoms with Crippen molar-refractivity contribution in [2.24, 2.45) is 0 Å². The van der Waals surface area contributed by atoms with E-state index in [0.29, 0.717) is 0 Å². The number of hydrogen-bond donors (Lipinski definition) is 0. The van der Waals surface area contributed by atoms with Gasteiger partial charge in [0.25, 0.3) is 0 Å². The molecular formula is C13H14F2O4. The number of esters is 1. The molecule has 0 N–H and O–H groups in total. The van der Waals surface area contributed by atoms with Crippen LogP contribution in [0.1, 0.15) is 31.1 Å². The van der Waals surface area contributed by atoms with Gasteiger partial charge in [-0.15, -0.1) is 0 Å². The number of ether oxygens (including phenoxy) is 2. The molecule has 19 heavy (non-hydrogen) atoms. The van der Waals surface area contributed by atoms with Gasteiger partial charge >= 0.3 is 12.6 Å². The van der Waals surface area contributed by atoms with Gasteiger partial charge in [0.2, 0.25) is 5.78 Å². The Balaban J connectivity index is 2.96. The molecule has 0 aromatic heterocycles. The van der Waals surface area contributed by atoms with Crippen molar-refractivity contribution < 1.29 is 27.8 Å². The van der Waals surface area contributed by atoms with Crippen molar-refractivity contribution in [1.29, 1.82) is 0 Å². The maximum absolute atomic E-state index is 12.1. The van der Waals surface area contributed by atoms with E-state index in [2.05, 4.69) is 4.74 Å². The van der Waals surface area contributed by atoms with Gasteiger partial charge in [-0.1, -0.05) is 12.1 Å². The molecule has 0 saturated heterocycles. The van der Waals surface area contributed by atoms with Crippen molar-refractivity contribution in [3.63, 3.8) is 0 Å². The number of carbonyl (C=O) groups excluding carboxylic acids is 2. The van der Waals surface area contributed by atoms with E-state index in [9.17, 15) is 18.4 Å². The molecule has 0 saturated carbocycles. The lowest BCUT2D eigenvalue weighted by molar-refractivity contribution is -0.149. The fourth-order valence-electron chi connectivity index (χ4n) is 1.57. The van der Waals surface area contributed by atoms with Gasteiger partial charge in [-0.2, -0.15) is 8.78 Å². The highest BCUT2D eigenvalue weighted by Crippen LogP contribution is 2.22. The first-order valence-corrected chi connectivity index (χ1v) is 5.51. The molecule has 104 valence electrons. The highest BCUT2D eigenvalue weighted by Gasteiger charge is 2.32. The maximum atomic E-state index is 12.1. The van der Waals surface area contributed by atoms with Crippen molar-refractivity contribution >= 4 is 11.8 Å². The van der Waals surface area contributed by atoms with Gasteiger partial charge in [0.15, 0.2) is 5.60 Å². The molecule has 0 heterocycles. The highest BCUT2D eigenvalue weighted by molar-refractivity contribution is 6.03. The van der Waals surface area contributed by atoms with E-state index in [1.807, 2.05) is 0 Å². The number of benzene rings is 1. The van der Waals surface area contributed by atoms with E-state index >= 15 is 0 Å². The summed E-state index contributed by atoms with van der Waals surface area (Å²) in [7, 11) is 0. The van der Waals surface area contributed by atoms with E-state index in [4.69, 9.17) is 4.74 Å². The van der Waals surface area contributed by atoms with Crippen molar-refractivity contribution in [2.75, 3.05) is 0 Å². The molecule has 0 unspecified atom stereocenters. The summed E-state index contributed by atoms with van der Waals surface area (Å²) >= 11 is 0. The topological polar surface area (TPSA) is 52.6 Å². The Bertz CT molecular complexity index is 483. The fraction of sp³-hybridized carbons (Fsp3) is 0.385. The Hall–Kier alpha value is -1.98. The molecule has 0 aliphatic rings. The monoisotopic (exact) mass is 272 g/mol. The molecule has 0 atom stereocenters. The Kier molecular flexibility index (Phi) is 4.58. The summed E-state index contributed by atoms with van der Waals surface area (Å²) in [6, 6.07) is 5.34. The van der Waals surface area contributed by atoms with Gasteiger partial charge < -0.3 is 9.47 Å². The number of Topliss-reactive ketones (excluding diaryl/α,β-unsaturated/α-hetero) is 1. The number of ketones is 1. The van der Waals surface area contributed by atoms with Crippen LogP contribution in [-0.2, 0) is 9.53 Å². The molecule has 1 rings (SSSR count). The van der Waals surface area contributed by atoms with Crippen molar-refractivity contribution in [3.05, 3.63) is 29.8 Å². The second kappa shape index (κ2) is 5.77. The van der Waals surface area contributed by atoms with Gasteiger partial charge in [-0.25, -0.2) is 0 Å². The van der Waals surface area contributed by atoms with Gasteiger partial charge in [-0.3, -0.25) is 9.59 Å². The number of halogens is 2. The molecule has 0 amide bonds. The van der Waals surface area contributed by atoms with E-state index in [-0.39, 0.29) is 11.3 Å². The summed E-state index contributed by atoms with van der Waals surface area (Å²) < 4.78 is 33.3. The van der Waals surface area contributed by atoms with Crippen LogP contribution in [0.25, 0.3) is 0 Å².